The normalized spacial score (nSPS) is 10.6. The van der Waals surface area contributed by atoms with E-state index >= 15 is 0 Å². The highest BCUT2D eigenvalue weighted by atomic mass is 35.5. The molecule has 0 bridgehead atoms. The Balaban J connectivity index is 1.41. The third kappa shape index (κ3) is 5.70. The monoisotopic (exact) mass is 399 g/mol. The molecule has 138 valence electrons. The number of halogens is 1. The summed E-state index contributed by atoms with van der Waals surface area (Å²) in [5, 5.41) is 6.44. The number of Topliss-reactive ketones (excluding diaryl/α,β-unsaturated/α-hetero) is 1. The standard InChI is InChI=1S/C20H18ClN3O2S/c21-16-5-3-14(4-6-16)20-24-17(13-27-20)9-11-23-19(26)8-7-18(25)15-2-1-10-22-12-15/h1-6,10,12-13H,7-9,11H2,(H,23,26). The minimum atomic E-state index is -0.139. The van der Waals surface area contributed by atoms with Gasteiger partial charge in [0.2, 0.25) is 5.91 Å². The Bertz CT molecular complexity index is 910. The van der Waals surface area contributed by atoms with E-state index in [4.69, 9.17) is 11.6 Å². The number of carbonyl (C=O) groups is 2. The molecule has 27 heavy (non-hydrogen) atoms. The highest BCUT2D eigenvalue weighted by molar-refractivity contribution is 7.13. The van der Waals surface area contributed by atoms with E-state index in [9.17, 15) is 9.59 Å². The van der Waals surface area contributed by atoms with E-state index in [1.807, 2.05) is 29.6 Å². The van der Waals surface area contributed by atoms with Crippen molar-refractivity contribution in [2.24, 2.45) is 0 Å². The third-order valence-corrected chi connectivity index (χ3v) is 5.10. The van der Waals surface area contributed by atoms with Crippen molar-refractivity contribution in [2.75, 3.05) is 6.54 Å². The van der Waals surface area contributed by atoms with Gasteiger partial charge in [-0.2, -0.15) is 0 Å². The number of nitrogens with one attached hydrogen (secondary N) is 1. The summed E-state index contributed by atoms with van der Waals surface area (Å²) < 4.78 is 0. The number of rotatable bonds is 8. The summed E-state index contributed by atoms with van der Waals surface area (Å²) in [5.74, 6) is -0.217. The first-order valence-electron chi connectivity index (χ1n) is 8.52. The van der Waals surface area contributed by atoms with Crippen molar-refractivity contribution in [2.45, 2.75) is 19.3 Å². The number of amides is 1. The summed E-state index contributed by atoms with van der Waals surface area (Å²) in [5.41, 5.74) is 2.48. The molecule has 3 rings (SSSR count). The Kier molecular flexibility index (Phi) is 6.68. The number of thiazole rings is 1. The number of pyridine rings is 1. The minimum absolute atomic E-state index is 0.0784. The molecular weight excluding hydrogens is 382 g/mol. The van der Waals surface area contributed by atoms with Crippen LogP contribution in [-0.2, 0) is 11.2 Å². The molecule has 0 aliphatic heterocycles. The summed E-state index contributed by atoms with van der Waals surface area (Å²) in [4.78, 5) is 32.4. The van der Waals surface area contributed by atoms with Crippen LogP contribution < -0.4 is 5.32 Å². The second-order valence-electron chi connectivity index (χ2n) is 5.92. The van der Waals surface area contributed by atoms with Gasteiger partial charge in [0, 0.05) is 59.7 Å². The van der Waals surface area contributed by atoms with Gasteiger partial charge in [-0.15, -0.1) is 11.3 Å². The first-order valence-corrected chi connectivity index (χ1v) is 9.78. The summed E-state index contributed by atoms with van der Waals surface area (Å²) in [6.45, 7) is 0.490. The van der Waals surface area contributed by atoms with Crippen molar-refractivity contribution < 1.29 is 9.59 Å². The second kappa shape index (κ2) is 9.39. The lowest BCUT2D eigenvalue weighted by Gasteiger charge is -2.04. The molecule has 2 aromatic heterocycles. The quantitative estimate of drug-likeness (QED) is 0.577. The van der Waals surface area contributed by atoms with Crippen molar-refractivity contribution in [3.8, 4) is 10.6 Å². The maximum atomic E-state index is 12.0. The van der Waals surface area contributed by atoms with Crippen molar-refractivity contribution in [3.05, 3.63) is 70.5 Å². The van der Waals surface area contributed by atoms with Crippen LogP contribution >= 0.6 is 22.9 Å². The van der Waals surface area contributed by atoms with Gasteiger partial charge in [-0.1, -0.05) is 23.7 Å². The zero-order valence-corrected chi connectivity index (χ0v) is 16.1. The van der Waals surface area contributed by atoms with Gasteiger partial charge in [0.05, 0.1) is 5.69 Å². The van der Waals surface area contributed by atoms with Gasteiger partial charge in [-0.05, 0) is 24.3 Å². The van der Waals surface area contributed by atoms with Gasteiger partial charge < -0.3 is 5.32 Å². The number of hydrogen-bond acceptors (Lipinski definition) is 5. The lowest BCUT2D eigenvalue weighted by molar-refractivity contribution is -0.121. The predicted molar refractivity (Wildman–Crippen MR) is 107 cm³/mol. The first-order chi connectivity index (χ1) is 13.1. The van der Waals surface area contributed by atoms with E-state index < -0.39 is 0 Å². The van der Waals surface area contributed by atoms with E-state index in [1.165, 1.54) is 6.20 Å². The molecule has 1 aromatic carbocycles. The van der Waals surface area contributed by atoms with Crippen LogP contribution in [-0.4, -0.2) is 28.2 Å². The molecule has 0 saturated heterocycles. The Morgan fingerprint density at radius 3 is 2.67 bits per heavy atom. The fourth-order valence-corrected chi connectivity index (χ4v) is 3.45. The molecule has 0 fully saturated rings. The van der Waals surface area contributed by atoms with E-state index in [0.29, 0.717) is 23.6 Å². The maximum absolute atomic E-state index is 12.0. The zero-order chi connectivity index (χ0) is 19.1. The van der Waals surface area contributed by atoms with Gasteiger partial charge in [-0.25, -0.2) is 4.98 Å². The molecule has 3 aromatic rings. The zero-order valence-electron chi connectivity index (χ0n) is 14.5. The molecule has 5 nitrogen and oxygen atoms in total. The molecule has 0 unspecified atom stereocenters. The van der Waals surface area contributed by atoms with Crippen LogP contribution in [0.15, 0.2) is 54.2 Å². The number of aromatic nitrogens is 2. The Labute approximate surface area is 166 Å². The van der Waals surface area contributed by atoms with E-state index in [0.717, 1.165) is 16.3 Å². The lowest BCUT2D eigenvalue weighted by Crippen LogP contribution is -2.26. The van der Waals surface area contributed by atoms with Crippen LogP contribution in [0.1, 0.15) is 28.9 Å². The van der Waals surface area contributed by atoms with Crippen molar-refractivity contribution in [1.29, 1.82) is 0 Å². The Hall–Kier alpha value is -2.57. The first kappa shape index (κ1) is 19.2. The highest BCUT2D eigenvalue weighted by Crippen LogP contribution is 2.25. The third-order valence-electron chi connectivity index (χ3n) is 3.91. The Morgan fingerprint density at radius 2 is 1.93 bits per heavy atom. The molecule has 0 aliphatic carbocycles. The molecule has 0 spiro atoms. The number of benzene rings is 1. The topological polar surface area (TPSA) is 72.0 Å². The summed E-state index contributed by atoms with van der Waals surface area (Å²) in [7, 11) is 0. The molecule has 0 saturated carbocycles. The van der Waals surface area contributed by atoms with Crippen molar-refractivity contribution in [3.63, 3.8) is 0 Å². The fourth-order valence-electron chi connectivity index (χ4n) is 2.46. The Morgan fingerprint density at radius 1 is 1.11 bits per heavy atom. The average molecular weight is 400 g/mol. The largest absolute Gasteiger partial charge is 0.356 e. The van der Waals surface area contributed by atoms with Crippen molar-refractivity contribution in [1.82, 2.24) is 15.3 Å². The molecule has 0 atom stereocenters. The summed E-state index contributed by atoms with van der Waals surface area (Å²) in [6.07, 6.45) is 4.11. The minimum Gasteiger partial charge on any atom is -0.356 e. The molecule has 7 heteroatoms. The van der Waals surface area contributed by atoms with E-state index in [-0.39, 0.29) is 24.5 Å². The van der Waals surface area contributed by atoms with Gasteiger partial charge in [0.15, 0.2) is 5.78 Å². The van der Waals surface area contributed by atoms with Crippen LogP contribution in [0.5, 0.6) is 0 Å². The molecule has 0 aliphatic rings. The van der Waals surface area contributed by atoms with Crippen molar-refractivity contribution >= 4 is 34.6 Å². The van der Waals surface area contributed by atoms with Gasteiger partial charge in [0.1, 0.15) is 5.01 Å². The summed E-state index contributed by atoms with van der Waals surface area (Å²) in [6, 6.07) is 11.0. The molecular formula is C20H18ClN3O2S. The smallest absolute Gasteiger partial charge is 0.220 e. The predicted octanol–water partition coefficient (Wildman–Crippen LogP) is 4.18. The lowest BCUT2D eigenvalue weighted by atomic mass is 10.1. The average Bonchev–Trinajstić information content (AvgIpc) is 3.16. The SMILES string of the molecule is O=C(CCC(=O)c1cccnc1)NCCc1csc(-c2ccc(Cl)cc2)n1. The summed E-state index contributed by atoms with van der Waals surface area (Å²) >= 11 is 7.46. The fraction of sp³-hybridized carbons (Fsp3) is 0.200. The van der Waals surface area contributed by atoms with Crippen LogP contribution in [0.4, 0.5) is 0 Å². The van der Waals surface area contributed by atoms with Crippen LogP contribution in [0.2, 0.25) is 5.02 Å². The number of carbonyl (C=O) groups excluding carboxylic acids is 2. The van der Waals surface area contributed by atoms with Crippen LogP contribution in [0.3, 0.4) is 0 Å². The maximum Gasteiger partial charge on any atom is 0.220 e. The van der Waals surface area contributed by atoms with Gasteiger partial charge in [-0.3, -0.25) is 14.6 Å². The van der Waals surface area contributed by atoms with Gasteiger partial charge in [0.25, 0.3) is 0 Å². The van der Waals surface area contributed by atoms with E-state index in [1.54, 1.807) is 29.7 Å². The molecule has 0 radical (unpaired) electrons. The molecule has 1 N–H and O–H groups in total. The molecule has 2 heterocycles. The van der Waals surface area contributed by atoms with Crippen LogP contribution in [0.25, 0.3) is 10.6 Å². The second-order valence-corrected chi connectivity index (χ2v) is 7.21. The number of nitrogens with zero attached hydrogens (tertiary/aromatic N) is 2. The molecule has 1 amide bonds. The van der Waals surface area contributed by atoms with Crippen LogP contribution in [0, 0.1) is 0 Å². The number of ketones is 1. The van der Waals surface area contributed by atoms with E-state index in [2.05, 4.69) is 15.3 Å². The highest BCUT2D eigenvalue weighted by Gasteiger charge is 2.10. The number of hydrogen-bond donors (Lipinski definition) is 1. The van der Waals surface area contributed by atoms with Gasteiger partial charge >= 0.3 is 0 Å².